The second kappa shape index (κ2) is 6.19. The highest BCUT2D eigenvalue weighted by atomic mass is 15.2. The van der Waals surface area contributed by atoms with Crippen molar-refractivity contribution in [1.29, 1.82) is 0 Å². The minimum atomic E-state index is 0.680. The van der Waals surface area contributed by atoms with Gasteiger partial charge in [-0.15, -0.1) is 0 Å². The van der Waals surface area contributed by atoms with Gasteiger partial charge in [0.2, 0.25) is 0 Å². The van der Waals surface area contributed by atoms with Crippen molar-refractivity contribution >= 4 is 0 Å². The summed E-state index contributed by atoms with van der Waals surface area (Å²) in [4.78, 5) is 2.80. The van der Waals surface area contributed by atoms with Crippen LogP contribution in [-0.4, -0.2) is 37.1 Å². The molecule has 0 aromatic rings. The Balaban J connectivity index is 1.92. The molecule has 100 valence electrons. The van der Waals surface area contributed by atoms with E-state index in [2.05, 4.69) is 31.1 Å². The molecule has 1 N–H and O–H groups in total. The molecule has 0 aromatic heterocycles. The number of fused-ring (bicyclic) bond motifs is 1. The molecule has 0 amide bonds. The first-order valence-corrected chi connectivity index (χ1v) is 7.67. The number of hydrogen-bond donors (Lipinski definition) is 1. The maximum atomic E-state index is 3.54. The molecule has 4 atom stereocenters. The van der Waals surface area contributed by atoms with Crippen LogP contribution in [0.4, 0.5) is 0 Å². The van der Waals surface area contributed by atoms with Crippen molar-refractivity contribution in [2.45, 2.75) is 64.5 Å². The zero-order chi connectivity index (χ0) is 12.3. The van der Waals surface area contributed by atoms with Gasteiger partial charge in [0.15, 0.2) is 0 Å². The van der Waals surface area contributed by atoms with Crippen molar-refractivity contribution in [1.82, 2.24) is 10.2 Å². The summed E-state index contributed by atoms with van der Waals surface area (Å²) in [7, 11) is 2.13. The summed E-state index contributed by atoms with van der Waals surface area (Å²) in [5.74, 6) is 1.82. The molecule has 17 heavy (non-hydrogen) atoms. The average Bonchev–Trinajstić information content (AvgIpc) is 2.83. The number of likely N-dealkylation sites (tertiary alicyclic amines) is 1. The predicted molar refractivity (Wildman–Crippen MR) is 74.2 cm³/mol. The third-order valence-electron chi connectivity index (χ3n) is 5.24. The molecule has 0 radical (unpaired) electrons. The molecule has 1 aliphatic carbocycles. The van der Waals surface area contributed by atoms with E-state index in [0.717, 1.165) is 17.9 Å². The van der Waals surface area contributed by atoms with E-state index >= 15 is 0 Å². The van der Waals surface area contributed by atoms with E-state index < -0.39 is 0 Å². The monoisotopic (exact) mass is 238 g/mol. The first kappa shape index (κ1) is 13.4. The third-order valence-corrected chi connectivity index (χ3v) is 5.24. The summed E-state index contributed by atoms with van der Waals surface area (Å²) in [6.45, 7) is 7.31. The van der Waals surface area contributed by atoms with Crippen molar-refractivity contribution in [3.05, 3.63) is 0 Å². The van der Waals surface area contributed by atoms with Crippen molar-refractivity contribution in [2.24, 2.45) is 11.8 Å². The van der Waals surface area contributed by atoms with E-state index in [1.807, 2.05) is 0 Å². The lowest BCUT2D eigenvalue weighted by Crippen LogP contribution is -2.50. The van der Waals surface area contributed by atoms with Crippen molar-refractivity contribution in [2.75, 3.05) is 20.1 Å². The van der Waals surface area contributed by atoms with Gasteiger partial charge in [0.1, 0.15) is 0 Å². The fourth-order valence-electron chi connectivity index (χ4n) is 3.88. The smallest absolute Gasteiger partial charge is 0.0217 e. The summed E-state index contributed by atoms with van der Waals surface area (Å²) in [6, 6.07) is 1.60. The fourth-order valence-corrected chi connectivity index (χ4v) is 3.88. The minimum Gasteiger partial charge on any atom is -0.315 e. The molecule has 1 aliphatic heterocycles. The lowest BCUT2D eigenvalue weighted by Gasteiger charge is -2.40. The third kappa shape index (κ3) is 3.03. The molecule has 2 nitrogen and oxygen atoms in total. The molecule has 1 saturated heterocycles. The molecule has 0 aromatic carbocycles. The van der Waals surface area contributed by atoms with E-state index in [-0.39, 0.29) is 0 Å². The van der Waals surface area contributed by atoms with Crippen LogP contribution in [0.2, 0.25) is 0 Å². The zero-order valence-corrected chi connectivity index (χ0v) is 11.9. The van der Waals surface area contributed by atoms with Gasteiger partial charge < -0.3 is 5.32 Å². The highest BCUT2D eigenvalue weighted by molar-refractivity contribution is 4.91. The molecule has 2 fully saturated rings. The van der Waals surface area contributed by atoms with Crippen LogP contribution in [0.1, 0.15) is 52.4 Å². The Morgan fingerprint density at radius 1 is 1.24 bits per heavy atom. The molecule has 4 unspecified atom stereocenters. The molecular formula is C15H30N2. The maximum Gasteiger partial charge on any atom is 0.0217 e. The quantitative estimate of drug-likeness (QED) is 0.792. The van der Waals surface area contributed by atoms with Crippen LogP contribution >= 0.6 is 0 Å². The van der Waals surface area contributed by atoms with Gasteiger partial charge in [-0.3, -0.25) is 4.90 Å². The van der Waals surface area contributed by atoms with Gasteiger partial charge in [-0.1, -0.05) is 26.7 Å². The Kier molecular flexibility index (Phi) is 4.87. The zero-order valence-electron chi connectivity index (χ0n) is 11.9. The molecule has 0 spiro atoms. The first-order valence-electron chi connectivity index (χ1n) is 7.67. The molecule has 2 heteroatoms. The molecule has 0 bridgehead atoms. The van der Waals surface area contributed by atoms with E-state index in [4.69, 9.17) is 0 Å². The van der Waals surface area contributed by atoms with Crippen molar-refractivity contribution < 1.29 is 0 Å². The Morgan fingerprint density at radius 2 is 2.00 bits per heavy atom. The van der Waals surface area contributed by atoms with Crippen LogP contribution in [0, 0.1) is 11.8 Å². The lowest BCUT2D eigenvalue weighted by molar-refractivity contribution is 0.0933. The van der Waals surface area contributed by atoms with Crippen LogP contribution in [-0.2, 0) is 0 Å². The lowest BCUT2D eigenvalue weighted by atomic mass is 9.90. The van der Waals surface area contributed by atoms with Gasteiger partial charge >= 0.3 is 0 Å². The maximum absolute atomic E-state index is 3.54. The number of nitrogens with one attached hydrogen (secondary N) is 1. The minimum absolute atomic E-state index is 0.680. The van der Waals surface area contributed by atoms with Gasteiger partial charge in [0.05, 0.1) is 0 Å². The Hall–Kier alpha value is -0.0800. The Bertz CT molecular complexity index is 229. The van der Waals surface area contributed by atoms with Gasteiger partial charge in [0.25, 0.3) is 0 Å². The standard InChI is InChI=1S/C15H30N2/c1-4-12(2)14(16-3)11-17-10-6-8-13-7-5-9-15(13)17/h12-16H,4-11H2,1-3H3. The summed E-state index contributed by atoms with van der Waals surface area (Å²) in [5.41, 5.74) is 0. The van der Waals surface area contributed by atoms with E-state index in [9.17, 15) is 0 Å². The number of rotatable bonds is 5. The van der Waals surface area contributed by atoms with Crippen LogP contribution in [0.25, 0.3) is 0 Å². The summed E-state index contributed by atoms with van der Waals surface area (Å²) in [6.07, 6.45) is 8.63. The summed E-state index contributed by atoms with van der Waals surface area (Å²) < 4.78 is 0. The topological polar surface area (TPSA) is 15.3 Å². The van der Waals surface area contributed by atoms with Crippen LogP contribution < -0.4 is 5.32 Å². The van der Waals surface area contributed by atoms with E-state index in [1.54, 1.807) is 0 Å². The van der Waals surface area contributed by atoms with Crippen LogP contribution in [0.15, 0.2) is 0 Å². The molecular weight excluding hydrogens is 208 g/mol. The SMILES string of the molecule is CCC(C)C(CN1CCCC2CCCC21)NC. The van der Waals surface area contributed by atoms with Gasteiger partial charge in [-0.05, 0) is 51.1 Å². The Morgan fingerprint density at radius 3 is 2.71 bits per heavy atom. The highest BCUT2D eigenvalue weighted by Crippen LogP contribution is 2.36. The van der Waals surface area contributed by atoms with Crippen LogP contribution in [0.5, 0.6) is 0 Å². The summed E-state index contributed by atoms with van der Waals surface area (Å²) >= 11 is 0. The number of nitrogens with zero attached hydrogens (tertiary/aromatic N) is 1. The van der Waals surface area contributed by atoms with Gasteiger partial charge in [0, 0.05) is 18.6 Å². The predicted octanol–water partition coefficient (Wildman–Crippen LogP) is 2.89. The number of piperidine rings is 1. The van der Waals surface area contributed by atoms with Gasteiger partial charge in [-0.2, -0.15) is 0 Å². The average molecular weight is 238 g/mol. The largest absolute Gasteiger partial charge is 0.315 e. The van der Waals surface area contributed by atoms with Crippen LogP contribution in [0.3, 0.4) is 0 Å². The van der Waals surface area contributed by atoms with Crippen molar-refractivity contribution in [3.8, 4) is 0 Å². The Labute approximate surface area is 107 Å². The highest BCUT2D eigenvalue weighted by Gasteiger charge is 2.35. The molecule has 1 heterocycles. The van der Waals surface area contributed by atoms with E-state index in [1.165, 1.54) is 51.6 Å². The second-order valence-corrected chi connectivity index (χ2v) is 6.18. The number of likely N-dealkylation sites (N-methyl/N-ethyl adjacent to an activating group) is 1. The summed E-state index contributed by atoms with van der Waals surface area (Å²) in [5, 5.41) is 3.54. The van der Waals surface area contributed by atoms with Gasteiger partial charge in [-0.25, -0.2) is 0 Å². The first-order chi connectivity index (χ1) is 8.26. The van der Waals surface area contributed by atoms with Crippen molar-refractivity contribution in [3.63, 3.8) is 0 Å². The fraction of sp³-hybridized carbons (Fsp3) is 1.00. The normalized spacial score (nSPS) is 33.4. The molecule has 2 aliphatic rings. The second-order valence-electron chi connectivity index (χ2n) is 6.18. The molecule has 1 saturated carbocycles. The molecule has 2 rings (SSSR count). The number of hydrogen-bond acceptors (Lipinski definition) is 2. The van der Waals surface area contributed by atoms with E-state index in [0.29, 0.717) is 6.04 Å².